The Morgan fingerprint density at radius 2 is 1.64 bits per heavy atom. The molecule has 0 spiro atoms. The number of aryl methyl sites for hydroxylation is 1. The first kappa shape index (κ1) is 18.9. The van der Waals surface area contributed by atoms with Gasteiger partial charge in [0, 0.05) is 23.0 Å². The maximum absolute atomic E-state index is 12.5. The maximum atomic E-state index is 12.5. The minimum Gasteiger partial charge on any atom is -0.456 e. The summed E-state index contributed by atoms with van der Waals surface area (Å²) in [7, 11) is 0. The first-order chi connectivity index (χ1) is 13.4. The number of likely N-dealkylation sites (tertiary alicyclic amines) is 1. The Balaban J connectivity index is 1.35. The van der Waals surface area contributed by atoms with E-state index in [1.807, 2.05) is 19.9 Å². The van der Waals surface area contributed by atoms with E-state index < -0.39 is 12.5 Å². The number of rotatable bonds is 6. The van der Waals surface area contributed by atoms with Crippen molar-refractivity contribution in [1.82, 2.24) is 9.47 Å². The van der Waals surface area contributed by atoms with Gasteiger partial charge >= 0.3 is 5.97 Å². The van der Waals surface area contributed by atoms with Crippen LogP contribution in [0.5, 0.6) is 0 Å². The number of esters is 1. The van der Waals surface area contributed by atoms with Gasteiger partial charge in [0.1, 0.15) is 6.54 Å². The summed E-state index contributed by atoms with van der Waals surface area (Å²) in [5.41, 5.74) is 2.50. The minimum atomic E-state index is -0.718. The first-order valence-corrected chi connectivity index (χ1v) is 10.1. The average Bonchev–Trinajstić information content (AvgIpc) is 3.43. The molecular weight excluding hydrogens is 360 g/mol. The lowest BCUT2D eigenvalue weighted by molar-refractivity contribution is -0.152. The topological polar surface area (TPSA) is 85.7 Å². The zero-order valence-electron chi connectivity index (χ0n) is 16.4. The summed E-state index contributed by atoms with van der Waals surface area (Å²) in [5.74, 6) is -2.10. The van der Waals surface area contributed by atoms with E-state index in [1.165, 1.54) is 0 Å². The molecule has 1 aromatic heterocycles. The second kappa shape index (κ2) is 7.18. The molecule has 2 aliphatic carbocycles. The molecule has 150 valence electrons. The molecule has 2 heterocycles. The van der Waals surface area contributed by atoms with Crippen LogP contribution in [0.25, 0.3) is 0 Å². The van der Waals surface area contributed by atoms with Crippen molar-refractivity contribution in [2.75, 3.05) is 13.2 Å². The molecule has 1 saturated heterocycles. The van der Waals surface area contributed by atoms with E-state index in [0.29, 0.717) is 24.4 Å². The van der Waals surface area contributed by atoms with Crippen LogP contribution in [0.4, 0.5) is 0 Å². The van der Waals surface area contributed by atoms with Gasteiger partial charge in [-0.05, 0) is 45.6 Å². The normalized spacial score (nSPS) is 24.4. The number of aromatic nitrogens is 1. The Kier molecular flexibility index (Phi) is 4.85. The number of imide groups is 1. The number of fused-ring (bicyclic) bond motifs is 1. The average molecular weight is 386 g/mol. The number of carbonyl (C=O) groups is 4. The lowest BCUT2D eigenvalue weighted by Gasteiger charge is -2.19. The van der Waals surface area contributed by atoms with E-state index in [4.69, 9.17) is 4.74 Å². The molecule has 28 heavy (non-hydrogen) atoms. The zero-order chi connectivity index (χ0) is 20.0. The number of ether oxygens (including phenoxy) is 1. The molecule has 2 saturated carbocycles. The van der Waals surface area contributed by atoms with Gasteiger partial charge in [-0.2, -0.15) is 0 Å². The predicted octanol–water partition coefficient (Wildman–Crippen LogP) is 2.34. The Bertz CT molecular complexity index is 827. The number of carbonyl (C=O) groups excluding carboxylic acids is 4. The number of ketones is 1. The molecule has 0 bridgehead atoms. The van der Waals surface area contributed by atoms with Crippen LogP contribution in [0.3, 0.4) is 0 Å². The number of amides is 2. The fraction of sp³-hybridized carbons (Fsp3) is 0.619. The quantitative estimate of drug-likeness (QED) is 0.426. The van der Waals surface area contributed by atoms with Crippen molar-refractivity contribution >= 4 is 23.6 Å². The highest BCUT2D eigenvalue weighted by atomic mass is 16.5. The molecule has 0 N–H and O–H groups in total. The lowest BCUT2D eigenvalue weighted by atomic mass is 9.81. The summed E-state index contributed by atoms with van der Waals surface area (Å²) in [6.45, 7) is 3.09. The van der Waals surface area contributed by atoms with Crippen LogP contribution in [-0.4, -0.2) is 46.2 Å². The van der Waals surface area contributed by atoms with Crippen LogP contribution < -0.4 is 0 Å². The smallest absolute Gasteiger partial charge is 0.326 e. The van der Waals surface area contributed by atoms with Gasteiger partial charge in [-0.3, -0.25) is 24.1 Å². The molecule has 0 radical (unpaired) electrons. The van der Waals surface area contributed by atoms with Crippen molar-refractivity contribution in [2.24, 2.45) is 11.8 Å². The van der Waals surface area contributed by atoms with Crippen molar-refractivity contribution < 1.29 is 23.9 Å². The van der Waals surface area contributed by atoms with Gasteiger partial charge in [-0.15, -0.1) is 0 Å². The highest BCUT2D eigenvalue weighted by Gasteiger charge is 2.48. The van der Waals surface area contributed by atoms with Gasteiger partial charge in [-0.25, -0.2) is 0 Å². The summed E-state index contributed by atoms with van der Waals surface area (Å²) >= 11 is 0. The van der Waals surface area contributed by atoms with E-state index in [1.54, 1.807) is 0 Å². The van der Waals surface area contributed by atoms with Gasteiger partial charge in [0.25, 0.3) is 0 Å². The monoisotopic (exact) mass is 386 g/mol. The van der Waals surface area contributed by atoms with E-state index in [0.717, 1.165) is 42.0 Å². The number of Topliss-reactive ketones (excluding diaryl/α,β-unsaturated/α-hetero) is 1. The number of nitrogens with zero attached hydrogens (tertiary/aromatic N) is 2. The Morgan fingerprint density at radius 3 is 2.21 bits per heavy atom. The summed E-state index contributed by atoms with van der Waals surface area (Å²) in [6.07, 6.45) is 5.53. The molecule has 7 nitrogen and oxygen atoms in total. The maximum Gasteiger partial charge on any atom is 0.326 e. The van der Waals surface area contributed by atoms with E-state index in [-0.39, 0.29) is 36.0 Å². The predicted molar refractivity (Wildman–Crippen MR) is 99.6 cm³/mol. The zero-order valence-corrected chi connectivity index (χ0v) is 16.4. The molecule has 3 fully saturated rings. The molecule has 1 aromatic rings. The van der Waals surface area contributed by atoms with Crippen molar-refractivity contribution in [3.63, 3.8) is 0 Å². The van der Waals surface area contributed by atoms with E-state index in [2.05, 4.69) is 4.57 Å². The van der Waals surface area contributed by atoms with Crippen LogP contribution >= 0.6 is 0 Å². The van der Waals surface area contributed by atoms with Crippen LogP contribution in [0.15, 0.2) is 6.07 Å². The molecule has 2 amide bonds. The van der Waals surface area contributed by atoms with Gasteiger partial charge in [0.2, 0.25) is 17.6 Å². The van der Waals surface area contributed by atoms with Crippen molar-refractivity contribution in [3.05, 3.63) is 23.0 Å². The third-order valence-corrected chi connectivity index (χ3v) is 6.28. The Labute approximate surface area is 164 Å². The molecule has 1 aliphatic heterocycles. The van der Waals surface area contributed by atoms with E-state index >= 15 is 0 Å². The highest BCUT2D eigenvalue weighted by Crippen LogP contribution is 2.39. The standard InChI is InChI=1S/C21H26N2O5/c1-12-9-17(13(2)23(12)14-7-8-14)18(24)11-28-19(25)10-22-20(26)15-5-3-4-6-16(15)21(22)27/h9,14-16H,3-8,10-11H2,1-2H3. The summed E-state index contributed by atoms with van der Waals surface area (Å²) in [6, 6.07) is 2.31. The molecule has 7 heteroatoms. The number of hydrogen-bond acceptors (Lipinski definition) is 5. The van der Waals surface area contributed by atoms with Crippen LogP contribution in [0, 0.1) is 25.7 Å². The van der Waals surface area contributed by atoms with Crippen molar-refractivity contribution in [1.29, 1.82) is 0 Å². The molecule has 4 rings (SSSR count). The Morgan fingerprint density at radius 1 is 1.04 bits per heavy atom. The molecule has 3 aliphatic rings. The first-order valence-electron chi connectivity index (χ1n) is 10.1. The Hall–Kier alpha value is -2.44. The SMILES string of the molecule is Cc1cc(C(=O)COC(=O)CN2C(=O)C3CCCCC3C2=O)c(C)n1C1CC1. The third kappa shape index (κ3) is 3.27. The summed E-state index contributed by atoms with van der Waals surface area (Å²) < 4.78 is 7.27. The molecular formula is C21H26N2O5. The van der Waals surface area contributed by atoms with E-state index in [9.17, 15) is 19.2 Å². The van der Waals surface area contributed by atoms with Gasteiger partial charge < -0.3 is 9.30 Å². The van der Waals surface area contributed by atoms with Crippen molar-refractivity contribution in [2.45, 2.75) is 58.4 Å². The number of hydrogen-bond donors (Lipinski definition) is 0. The van der Waals surface area contributed by atoms with Crippen molar-refractivity contribution in [3.8, 4) is 0 Å². The fourth-order valence-corrected chi connectivity index (χ4v) is 4.74. The van der Waals surface area contributed by atoms with Crippen LogP contribution in [-0.2, 0) is 19.1 Å². The van der Waals surface area contributed by atoms with Gasteiger partial charge in [0.05, 0.1) is 11.8 Å². The summed E-state index contributed by atoms with van der Waals surface area (Å²) in [4.78, 5) is 50.6. The minimum absolute atomic E-state index is 0.263. The summed E-state index contributed by atoms with van der Waals surface area (Å²) in [5, 5.41) is 0. The second-order valence-corrected chi connectivity index (χ2v) is 8.23. The fourth-order valence-electron chi connectivity index (χ4n) is 4.74. The van der Waals surface area contributed by atoms with Gasteiger partial charge in [0.15, 0.2) is 6.61 Å². The van der Waals surface area contributed by atoms with Crippen LogP contribution in [0.1, 0.15) is 66.3 Å². The molecule has 2 atom stereocenters. The third-order valence-electron chi connectivity index (χ3n) is 6.28. The molecule has 2 unspecified atom stereocenters. The van der Waals surface area contributed by atoms with Gasteiger partial charge in [-0.1, -0.05) is 12.8 Å². The largest absolute Gasteiger partial charge is 0.456 e. The molecule has 0 aromatic carbocycles. The second-order valence-electron chi connectivity index (χ2n) is 8.23. The highest BCUT2D eigenvalue weighted by molar-refractivity contribution is 6.07. The lowest BCUT2D eigenvalue weighted by Crippen LogP contribution is -2.37. The van der Waals surface area contributed by atoms with Crippen LogP contribution in [0.2, 0.25) is 0 Å².